The second-order valence-corrected chi connectivity index (χ2v) is 6.95. The lowest BCUT2D eigenvalue weighted by atomic mass is 9.86. The second kappa shape index (κ2) is 9.29. The summed E-state index contributed by atoms with van der Waals surface area (Å²) in [6.45, 7) is 2.77. The van der Waals surface area contributed by atoms with Gasteiger partial charge < -0.3 is 25.2 Å². The summed E-state index contributed by atoms with van der Waals surface area (Å²) in [5.74, 6) is -5.42. The molecule has 11 heteroatoms. The number of halogens is 4. The highest BCUT2D eigenvalue weighted by Crippen LogP contribution is 2.34. The molecule has 1 aromatic carbocycles. The maximum atomic E-state index is 14.0. The van der Waals surface area contributed by atoms with E-state index < -0.39 is 29.9 Å². The zero-order valence-electron chi connectivity index (χ0n) is 15.6. The first-order valence-corrected chi connectivity index (χ1v) is 9.02. The fourth-order valence-corrected chi connectivity index (χ4v) is 3.70. The Morgan fingerprint density at radius 1 is 1.17 bits per heavy atom. The molecule has 0 aromatic heterocycles. The van der Waals surface area contributed by atoms with Crippen molar-refractivity contribution in [3.05, 3.63) is 24.0 Å². The molecule has 3 rings (SSSR count). The third kappa shape index (κ3) is 6.48. The molecule has 1 aliphatic carbocycles. The number of fused-ring (bicyclic) bond motifs is 1. The first-order valence-electron chi connectivity index (χ1n) is 9.02. The van der Waals surface area contributed by atoms with E-state index in [0.29, 0.717) is 18.3 Å². The van der Waals surface area contributed by atoms with Crippen LogP contribution in [0.3, 0.4) is 0 Å². The van der Waals surface area contributed by atoms with Crippen molar-refractivity contribution in [3.8, 4) is 5.75 Å². The number of piperazine rings is 1. The Balaban J connectivity index is 0.000000438. The molecule has 1 aromatic rings. The molecule has 162 valence electrons. The molecule has 1 aliphatic heterocycles. The average Bonchev–Trinajstić information content (AvgIpc) is 2.62. The Morgan fingerprint density at radius 2 is 1.79 bits per heavy atom. The van der Waals surface area contributed by atoms with Crippen LogP contribution in [0.5, 0.6) is 5.75 Å². The summed E-state index contributed by atoms with van der Waals surface area (Å²) in [4.78, 5) is 20.3. The molecule has 29 heavy (non-hydrogen) atoms. The predicted octanol–water partition coefficient (Wildman–Crippen LogP) is 2.99. The Morgan fingerprint density at radius 3 is 2.34 bits per heavy atom. The Bertz CT molecular complexity index is 731. The van der Waals surface area contributed by atoms with E-state index in [1.807, 2.05) is 0 Å². The Kier molecular flexibility index (Phi) is 7.28. The monoisotopic (exact) mass is 422 g/mol. The van der Waals surface area contributed by atoms with Gasteiger partial charge >= 0.3 is 18.3 Å². The highest BCUT2D eigenvalue weighted by atomic mass is 19.4. The molecular weight excluding hydrogens is 400 g/mol. The van der Waals surface area contributed by atoms with Crippen molar-refractivity contribution >= 4 is 17.6 Å². The minimum Gasteiger partial charge on any atom is -0.473 e. The van der Waals surface area contributed by atoms with Gasteiger partial charge in [0, 0.05) is 36.4 Å². The number of hydrogen-bond donors (Lipinski definition) is 3. The van der Waals surface area contributed by atoms with Gasteiger partial charge in [0.1, 0.15) is 0 Å². The number of hydrogen-bond acceptors (Lipinski definition) is 5. The molecular formula is C18H22F4N2O5. The summed E-state index contributed by atoms with van der Waals surface area (Å²) >= 11 is 0. The predicted molar refractivity (Wildman–Crippen MR) is 94.3 cm³/mol. The number of alkyl halides is 3. The molecule has 1 saturated heterocycles. The lowest BCUT2D eigenvalue weighted by molar-refractivity contribution is -0.275. The summed E-state index contributed by atoms with van der Waals surface area (Å²) in [7, 11) is 0. The first-order chi connectivity index (χ1) is 13.5. The van der Waals surface area contributed by atoms with Crippen LogP contribution in [0.4, 0.5) is 23.2 Å². The number of carboxylic acid groups (broad SMARTS) is 2. The van der Waals surface area contributed by atoms with Crippen molar-refractivity contribution < 1.29 is 42.1 Å². The van der Waals surface area contributed by atoms with Gasteiger partial charge in [0.05, 0.1) is 0 Å². The van der Waals surface area contributed by atoms with Gasteiger partial charge in [-0.2, -0.15) is 0 Å². The fourth-order valence-electron chi connectivity index (χ4n) is 3.70. The van der Waals surface area contributed by atoms with Gasteiger partial charge in [-0.1, -0.05) is 12.8 Å². The molecule has 0 bridgehead atoms. The van der Waals surface area contributed by atoms with Gasteiger partial charge in [-0.25, -0.2) is 14.0 Å². The van der Waals surface area contributed by atoms with E-state index in [0.717, 1.165) is 31.4 Å². The smallest absolute Gasteiger partial charge is 0.473 e. The van der Waals surface area contributed by atoms with Crippen molar-refractivity contribution in [1.29, 1.82) is 0 Å². The van der Waals surface area contributed by atoms with Crippen molar-refractivity contribution in [1.82, 2.24) is 5.32 Å². The molecule has 1 heterocycles. The van der Waals surface area contributed by atoms with Crippen LogP contribution in [-0.2, 0) is 9.59 Å². The van der Waals surface area contributed by atoms with Crippen LogP contribution in [0.25, 0.3) is 0 Å². The number of benzene rings is 1. The van der Waals surface area contributed by atoms with Crippen LogP contribution in [0.15, 0.2) is 18.2 Å². The number of rotatable bonds is 2. The molecule has 2 fully saturated rings. The van der Waals surface area contributed by atoms with Crippen LogP contribution in [0.2, 0.25) is 0 Å². The third-order valence-electron chi connectivity index (χ3n) is 4.75. The van der Waals surface area contributed by atoms with E-state index in [1.54, 1.807) is 0 Å². The van der Waals surface area contributed by atoms with E-state index >= 15 is 0 Å². The van der Waals surface area contributed by atoms with Crippen LogP contribution in [0, 0.1) is 5.82 Å². The standard InChI is InChI=1S/C16H20F4N2O.C2H2O4/c1-10-9-22(14-5-3-2-4-13(14)21-10)11-6-7-15(12(17)8-11)23-16(18,19)20;3-1(4)2(5)6/h6-8,10,13-14,21H,2-5,9H2,1H3;(H,3,4)(H,5,6)/t10-,13-,14-;/m1./s1. The van der Waals surface area contributed by atoms with Gasteiger partial charge in [-0.05, 0) is 31.9 Å². The van der Waals surface area contributed by atoms with Crippen LogP contribution < -0.4 is 15.0 Å². The average molecular weight is 422 g/mol. The second-order valence-electron chi connectivity index (χ2n) is 6.95. The molecule has 7 nitrogen and oxygen atoms in total. The minimum atomic E-state index is -4.89. The molecule has 0 amide bonds. The topological polar surface area (TPSA) is 99.1 Å². The summed E-state index contributed by atoms with van der Waals surface area (Å²) in [5, 5.41) is 18.3. The highest BCUT2D eigenvalue weighted by Gasteiger charge is 2.36. The number of aliphatic carboxylic acids is 2. The summed E-state index contributed by atoms with van der Waals surface area (Å²) in [6, 6.07) is 4.57. The molecule has 3 N–H and O–H groups in total. The van der Waals surface area contributed by atoms with Crippen molar-refractivity contribution in [2.24, 2.45) is 0 Å². The molecule has 0 spiro atoms. The summed E-state index contributed by atoms with van der Waals surface area (Å²) < 4.78 is 54.4. The number of carbonyl (C=O) groups is 2. The van der Waals surface area contributed by atoms with Gasteiger partial charge in [0.15, 0.2) is 11.6 Å². The van der Waals surface area contributed by atoms with Gasteiger partial charge in [-0.3, -0.25) is 0 Å². The lowest BCUT2D eigenvalue weighted by Gasteiger charge is -2.48. The quantitative estimate of drug-likeness (QED) is 0.498. The normalized spacial score (nSPS) is 24.0. The zero-order valence-corrected chi connectivity index (χ0v) is 15.6. The van der Waals surface area contributed by atoms with E-state index in [-0.39, 0.29) is 12.1 Å². The van der Waals surface area contributed by atoms with Crippen LogP contribution in [0.1, 0.15) is 32.6 Å². The third-order valence-corrected chi connectivity index (χ3v) is 4.75. The number of nitrogens with zero attached hydrogens (tertiary/aromatic N) is 1. The molecule has 3 atom stereocenters. The number of anilines is 1. The first kappa shape index (κ1) is 22.7. The number of ether oxygens (including phenoxy) is 1. The van der Waals surface area contributed by atoms with Crippen molar-refractivity contribution in [2.75, 3.05) is 11.4 Å². The van der Waals surface area contributed by atoms with E-state index in [4.69, 9.17) is 19.8 Å². The van der Waals surface area contributed by atoms with Gasteiger partial charge in [0.2, 0.25) is 0 Å². The maximum Gasteiger partial charge on any atom is 0.573 e. The minimum absolute atomic E-state index is 0.253. The largest absolute Gasteiger partial charge is 0.573 e. The van der Waals surface area contributed by atoms with Crippen molar-refractivity contribution in [2.45, 2.75) is 57.1 Å². The maximum absolute atomic E-state index is 14.0. The molecule has 0 unspecified atom stereocenters. The van der Waals surface area contributed by atoms with Gasteiger partial charge in [0.25, 0.3) is 0 Å². The Labute approximate surface area is 164 Å². The number of carboxylic acids is 2. The number of nitrogens with one attached hydrogen (secondary N) is 1. The van der Waals surface area contributed by atoms with E-state index in [2.05, 4.69) is 21.9 Å². The van der Waals surface area contributed by atoms with E-state index in [9.17, 15) is 17.6 Å². The highest BCUT2D eigenvalue weighted by molar-refractivity contribution is 6.27. The SMILES string of the molecule is C[C@@H]1CN(c2ccc(OC(F)(F)F)c(F)c2)[C@@H]2CCCC[C@H]2N1.O=C(O)C(=O)O. The van der Waals surface area contributed by atoms with E-state index in [1.165, 1.54) is 12.5 Å². The van der Waals surface area contributed by atoms with Crippen LogP contribution in [-0.4, -0.2) is 53.2 Å². The molecule has 0 radical (unpaired) electrons. The fraction of sp³-hybridized carbons (Fsp3) is 0.556. The van der Waals surface area contributed by atoms with Crippen molar-refractivity contribution in [3.63, 3.8) is 0 Å². The zero-order chi connectivity index (χ0) is 21.8. The Hall–Kier alpha value is -2.56. The molecule has 2 aliphatic rings. The summed E-state index contributed by atoms with van der Waals surface area (Å²) in [6.07, 6.45) is -0.524. The lowest BCUT2D eigenvalue weighted by Crippen LogP contribution is -2.62. The summed E-state index contributed by atoms with van der Waals surface area (Å²) in [5.41, 5.74) is 0.613. The van der Waals surface area contributed by atoms with Gasteiger partial charge in [-0.15, -0.1) is 13.2 Å². The van der Waals surface area contributed by atoms with Crippen LogP contribution >= 0.6 is 0 Å². The molecule has 1 saturated carbocycles.